The first-order valence-corrected chi connectivity index (χ1v) is 20.5. The summed E-state index contributed by atoms with van der Waals surface area (Å²) < 4.78 is 11.8. The van der Waals surface area contributed by atoms with Crippen molar-refractivity contribution in [1.29, 1.82) is 0 Å². The van der Waals surface area contributed by atoms with Crippen LogP contribution in [0.1, 0.15) is 0 Å². The number of nitrogens with zero attached hydrogens (tertiary/aromatic N) is 2. The molecule has 0 amide bonds. The van der Waals surface area contributed by atoms with Crippen molar-refractivity contribution in [1.82, 2.24) is 4.57 Å². The second-order valence-corrected chi connectivity index (χ2v) is 16.0. The van der Waals surface area contributed by atoms with E-state index in [4.69, 9.17) is 4.42 Å². The fourth-order valence-corrected chi connectivity index (χ4v) is 9.99. The normalized spacial score (nSPS) is 11.8. The maximum Gasteiger partial charge on any atom is 0.143 e. The number of furan rings is 1. The summed E-state index contributed by atoms with van der Waals surface area (Å²) in [6, 6.07) is 74.4. The summed E-state index contributed by atoms with van der Waals surface area (Å²) in [5.74, 6) is 0. The molecule has 0 radical (unpaired) electrons. The summed E-state index contributed by atoms with van der Waals surface area (Å²) >= 11 is 1.85. The van der Waals surface area contributed by atoms with Gasteiger partial charge in [-0.25, -0.2) is 0 Å². The van der Waals surface area contributed by atoms with Crippen LogP contribution >= 0.6 is 11.3 Å². The molecule has 0 aliphatic heterocycles. The van der Waals surface area contributed by atoms with Gasteiger partial charge in [-0.3, -0.25) is 0 Å². The van der Waals surface area contributed by atoms with Crippen LogP contribution in [0.4, 0.5) is 17.1 Å². The molecular weight excluding hydrogens is 725 g/mol. The number of hydrogen-bond donors (Lipinski definition) is 0. The zero-order valence-corrected chi connectivity index (χ0v) is 32.2. The Morgan fingerprint density at radius 3 is 1.81 bits per heavy atom. The Morgan fingerprint density at radius 2 is 1.02 bits per heavy atom. The summed E-state index contributed by atoms with van der Waals surface area (Å²) in [4.78, 5) is 2.36. The highest BCUT2D eigenvalue weighted by molar-refractivity contribution is 7.25. The van der Waals surface area contributed by atoms with Crippen molar-refractivity contribution in [2.24, 2.45) is 0 Å². The molecule has 0 saturated heterocycles. The van der Waals surface area contributed by atoms with E-state index in [9.17, 15) is 0 Å². The lowest BCUT2D eigenvalue weighted by Crippen LogP contribution is -2.10. The van der Waals surface area contributed by atoms with Gasteiger partial charge in [-0.05, 0) is 102 Å². The predicted molar refractivity (Wildman–Crippen MR) is 247 cm³/mol. The molecule has 0 fully saturated rings. The third kappa shape index (κ3) is 5.19. The van der Waals surface area contributed by atoms with Gasteiger partial charge in [0, 0.05) is 70.0 Å². The van der Waals surface area contributed by atoms with Gasteiger partial charge in [0.2, 0.25) is 0 Å². The highest BCUT2D eigenvalue weighted by Gasteiger charge is 2.21. The van der Waals surface area contributed by atoms with Gasteiger partial charge in [-0.2, -0.15) is 0 Å². The molecule has 3 heterocycles. The molecular formula is C54H34N2OS. The molecule has 0 atom stereocenters. The van der Waals surface area contributed by atoms with Crippen LogP contribution in [-0.2, 0) is 0 Å². The van der Waals surface area contributed by atoms with Crippen LogP contribution in [0.15, 0.2) is 211 Å². The van der Waals surface area contributed by atoms with Crippen molar-refractivity contribution < 1.29 is 4.42 Å². The van der Waals surface area contributed by atoms with E-state index < -0.39 is 0 Å². The number of thiophene rings is 1. The third-order valence-electron chi connectivity index (χ3n) is 11.6. The van der Waals surface area contributed by atoms with Gasteiger partial charge in [0.1, 0.15) is 11.2 Å². The molecule has 4 heteroatoms. The molecule has 3 aromatic heterocycles. The van der Waals surface area contributed by atoms with Gasteiger partial charge in [0.25, 0.3) is 0 Å². The molecule has 0 unspecified atom stereocenters. The van der Waals surface area contributed by atoms with Crippen molar-refractivity contribution in [2.75, 3.05) is 4.90 Å². The third-order valence-corrected chi connectivity index (χ3v) is 12.7. The molecule has 12 rings (SSSR count). The number of anilines is 3. The van der Waals surface area contributed by atoms with Crippen LogP contribution < -0.4 is 4.90 Å². The van der Waals surface area contributed by atoms with Crippen LogP contribution in [0.5, 0.6) is 0 Å². The zero-order valence-electron chi connectivity index (χ0n) is 31.3. The molecule has 58 heavy (non-hydrogen) atoms. The van der Waals surface area contributed by atoms with Crippen molar-refractivity contribution in [3.05, 3.63) is 206 Å². The minimum atomic E-state index is 0.875. The van der Waals surface area contributed by atoms with E-state index >= 15 is 0 Å². The number of hydrogen-bond acceptors (Lipinski definition) is 3. The first-order valence-electron chi connectivity index (χ1n) is 19.7. The fourth-order valence-electron chi connectivity index (χ4n) is 8.90. The molecule has 272 valence electrons. The lowest BCUT2D eigenvalue weighted by Gasteiger charge is -2.26. The van der Waals surface area contributed by atoms with E-state index in [1.807, 2.05) is 17.4 Å². The second-order valence-electron chi connectivity index (χ2n) is 14.9. The number of fused-ring (bicyclic) bond motifs is 9. The van der Waals surface area contributed by atoms with Crippen LogP contribution in [0.3, 0.4) is 0 Å². The van der Waals surface area contributed by atoms with Gasteiger partial charge >= 0.3 is 0 Å². The average Bonchev–Trinajstić information content (AvgIpc) is 3.96. The lowest BCUT2D eigenvalue weighted by atomic mass is 9.99. The Bertz CT molecular complexity index is 3460. The molecule has 0 bridgehead atoms. The Morgan fingerprint density at radius 1 is 0.379 bits per heavy atom. The van der Waals surface area contributed by atoms with Crippen molar-refractivity contribution in [2.45, 2.75) is 0 Å². The highest BCUT2D eigenvalue weighted by atomic mass is 32.1. The van der Waals surface area contributed by atoms with Crippen LogP contribution in [0.2, 0.25) is 0 Å². The van der Waals surface area contributed by atoms with Crippen LogP contribution in [0, 0.1) is 0 Å². The highest BCUT2D eigenvalue weighted by Crippen LogP contribution is 2.45. The number of benzene rings is 9. The van der Waals surface area contributed by atoms with E-state index in [0.29, 0.717) is 0 Å². The van der Waals surface area contributed by atoms with Crippen LogP contribution in [-0.4, -0.2) is 4.57 Å². The zero-order chi connectivity index (χ0) is 38.2. The predicted octanol–water partition coefficient (Wildman–Crippen LogP) is 15.9. The Labute approximate surface area is 338 Å². The lowest BCUT2D eigenvalue weighted by molar-refractivity contribution is 0.670. The molecule has 0 aliphatic rings. The second kappa shape index (κ2) is 13.1. The van der Waals surface area contributed by atoms with Gasteiger partial charge in [-0.1, -0.05) is 121 Å². The standard InChI is InChI=1S/C54H34N2OS/c1-2-14-38(15-3-1)55(39-28-25-35(26-29-39)36-27-30-53-47(32-36)45-20-7-11-24-52(45)58-53)41-33-46(54-48(34-41)44-19-6-10-23-51(44)57-54)37-13-12-16-40(31-37)56-49-21-8-4-17-42(49)43-18-5-9-22-50(43)56/h1-34H. The number of aromatic nitrogens is 1. The fraction of sp³-hybridized carbons (Fsp3) is 0. The summed E-state index contributed by atoms with van der Waals surface area (Å²) in [5.41, 5.74) is 13.0. The Hall–Kier alpha value is -7.40. The van der Waals surface area contributed by atoms with Gasteiger partial charge in [0.05, 0.1) is 11.0 Å². The molecule has 3 nitrogen and oxygen atoms in total. The smallest absolute Gasteiger partial charge is 0.143 e. The van der Waals surface area contributed by atoms with Crippen molar-refractivity contribution >= 4 is 92.3 Å². The molecule has 0 aliphatic carbocycles. The SMILES string of the molecule is c1ccc(N(c2ccc(-c3ccc4sc5ccccc5c4c3)cc2)c2cc(-c3cccc(-n4c5ccccc5c5ccccc54)c3)c3oc4ccccc4c3c2)cc1. The van der Waals surface area contributed by atoms with E-state index in [1.54, 1.807) is 0 Å². The topological polar surface area (TPSA) is 21.3 Å². The average molecular weight is 759 g/mol. The number of rotatable bonds is 6. The Balaban J connectivity index is 1.03. The number of para-hydroxylation sites is 4. The summed E-state index contributed by atoms with van der Waals surface area (Å²) in [5, 5.41) is 7.29. The van der Waals surface area contributed by atoms with Crippen molar-refractivity contribution in [3.63, 3.8) is 0 Å². The molecule has 12 aromatic rings. The van der Waals surface area contributed by atoms with E-state index in [-0.39, 0.29) is 0 Å². The Kier molecular flexibility index (Phi) is 7.40. The van der Waals surface area contributed by atoms with E-state index in [0.717, 1.165) is 55.8 Å². The molecule has 0 spiro atoms. The van der Waals surface area contributed by atoms with Crippen LogP contribution in [0.25, 0.3) is 91.9 Å². The summed E-state index contributed by atoms with van der Waals surface area (Å²) in [6.45, 7) is 0. The molecule has 9 aromatic carbocycles. The van der Waals surface area contributed by atoms with Gasteiger partial charge < -0.3 is 13.9 Å². The first-order chi connectivity index (χ1) is 28.7. The van der Waals surface area contributed by atoms with E-state index in [1.165, 1.54) is 53.1 Å². The van der Waals surface area contributed by atoms with Gasteiger partial charge in [-0.15, -0.1) is 11.3 Å². The van der Waals surface area contributed by atoms with Gasteiger partial charge in [0.15, 0.2) is 0 Å². The molecule has 0 saturated carbocycles. The first kappa shape index (κ1) is 32.8. The quantitative estimate of drug-likeness (QED) is 0.168. The summed E-state index contributed by atoms with van der Waals surface area (Å²) in [7, 11) is 0. The maximum atomic E-state index is 6.75. The maximum absolute atomic E-state index is 6.75. The molecule has 0 N–H and O–H groups in total. The van der Waals surface area contributed by atoms with E-state index in [2.05, 4.69) is 210 Å². The minimum absolute atomic E-state index is 0.875. The monoisotopic (exact) mass is 758 g/mol. The minimum Gasteiger partial charge on any atom is -0.455 e. The summed E-state index contributed by atoms with van der Waals surface area (Å²) in [6.07, 6.45) is 0. The largest absolute Gasteiger partial charge is 0.455 e. The van der Waals surface area contributed by atoms with Crippen molar-refractivity contribution in [3.8, 4) is 27.9 Å².